The van der Waals surface area contributed by atoms with Crippen LogP contribution in [0.15, 0.2) is 22.2 Å². The molecule has 0 radical (unpaired) electrons. The molecule has 2 heterocycles. The number of hydrogen-bond acceptors (Lipinski definition) is 5. The lowest BCUT2D eigenvalue weighted by Gasteiger charge is -2.33. The molecule has 1 saturated heterocycles. The number of carboxylic acid groups (broad SMARTS) is 1. The first kappa shape index (κ1) is 16.0. The van der Waals surface area contributed by atoms with Crippen LogP contribution in [0.5, 0.6) is 0 Å². The summed E-state index contributed by atoms with van der Waals surface area (Å²) in [6, 6.07) is 1.77. The Bertz CT molecular complexity index is 541. The average Bonchev–Trinajstić information content (AvgIpc) is 2.48. The summed E-state index contributed by atoms with van der Waals surface area (Å²) in [4.78, 5) is 28.4. The second-order valence-corrected chi connectivity index (χ2v) is 6.27. The second kappa shape index (κ2) is 7.61. The van der Waals surface area contributed by atoms with Crippen LogP contribution in [0.3, 0.4) is 0 Å². The van der Waals surface area contributed by atoms with Gasteiger partial charge in [0, 0.05) is 24.8 Å². The normalized spacial score (nSPS) is 17.6. The van der Waals surface area contributed by atoms with Crippen LogP contribution in [0.2, 0.25) is 0 Å². The number of carbonyl (C=O) groups is 1. The van der Waals surface area contributed by atoms with Crippen LogP contribution in [-0.2, 0) is 11.3 Å². The molecule has 1 fully saturated rings. The summed E-state index contributed by atoms with van der Waals surface area (Å²) in [5, 5.41) is 9.26. The predicted octanol–water partition coefficient (Wildman–Crippen LogP) is 1.29. The van der Waals surface area contributed by atoms with Gasteiger partial charge in [-0.1, -0.05) is 18.2 Å². The molecule has 1 aliphatic rings. The first-order chi connectivity index (χ1) is 10.1. The number of likely N-dealkylation sites (tertiary alicyclic amines) is 1. The Morgan fingerprint density at radius 1 is 1.43 bits per heavy atom. The molecule has 0 aliphatic carbocycles. The third kappa shape index (κ3) is 4.86. The Morgan fingerprint density at radius 3 is 2.81 bits per heavy atom. The summed E-state index contributed by atoms with van der Waals surface area (Å²) in [5.41, 5.74) is -0.329. The van der Waals surface area contributed by atoms with Gasteiger partial charge in [-0.15, -0.1) is 0 Å². The van der Waals surface area contributed by atoms with Crippen LogP contribution >= 0.6 is 11.8 Å². The summed E-state index contributed by atoms with van der Waals surface area (Å²) >= 11 is 1.09. The quantitative estimate of drug-likeness (QED) is 0.630. The zero-order valence-electron chi connectivity index (χ0n) is 12.2. The largest absolute Gasteiger partial charge is 0.481 e. The van der Waals surface area contributed by atoms with Crippen LogP contribution in [0.4, 0.5) is 0 Å². The summed E-state index contributed by atoms with van der Waals surface area (Å²) in [6.45, 7) is 5.09. The van der Waals surface area contributed by atoms with Crippen molar-refractivity contribution in [2.24, 2.45) is 0 Å². The fourth-order valence-electron chi connectivity index (χ4n) is 2.55. The minimum Gasteiger partial charge on any atom is -0.481 e. The number of aromatic nitrogens is 2. The number of thioether (sulfide) groups is 1. The van der Waals surface area contributed by atoms with E-state index in [-0.39, 0.29) is 11.3 Å². The van der Waals surface area contributed by atoms with Gasteiger partial charge in [-0.25, -0.2) is 0 Å². The van der Waals surface area contributed by atoms with Gasteiger partial charge in [-0.05, 0) is 32.9 Å². The van der Waals surface area contributed by atoms with E-state index in [2.05, 4.69) is 16.8 Å². The van der Waals surface area contributed by atoms with Crippen molar-refractivity contribution < 1.29 is 9.90 Å². The number of aliphatic carboxylic acids is 1. The van der Waals surface area contributed by atoms with E-state index in [1.54, 1.807) is 6.20 Å². The highest BCUT2D eigenvalue weighted by Gasteiger charge is 2.18. The fraction of sp³-hybridized carbons (Fsp3) is 0.643. The highest BCUT2D eigenvalue weighted by molar-refractivity contribution is 7.99. The number of piperidine rings is 1. The molecular formula is C14H21N3O3S. The molecule has 116 valence electrons. The second-order valence-electron chi connectivity index (χ2n) is 5.33. The number of carboxylic acids is 1. The molecule has 2 rings (SSSR count). The third-order valence-electron chi connectivity index (χ3n) is 3.65. The summed E-state index contributed by atoms with van der Waals surface area (Å²) < 4.78 is 1.88. The molecule has 7 heteroatoms. The lowest BCUT2D eigenvalue weighted by Crippen LogP contribution is -2.40. The van der Waals surface area contributed by atoms with E-state index >= 15 is 0 Å². The first-order valence-electron chi connectivity index (χ1n) is 7.22. The van der Waals surface area contributed by atoms with Crippen molar-refractivity contribution in [3.63, 3.8) is 0 Å². The highest BCUT2D eigenvalue weighted by atomic mass is 32.2. The van der Waals surface area contributed by atoms with Gasteiger partial charge < -0.3 is 9.67 Å². The van der Waals surface area contributed by atoms with Crippen LogP contribution in [0.1, 0.15) is 26.2 Å². The molecule has 21 heavy (non-hydrogen) atoms. The molecule has 1 aromatic heterocycles. The number of rotatable bonds is 6. The Kier molecular flexibility index (Phi) is 5.81. The maximum atomic E-state index is 11.4. The van der Waals surface area contributed by atoms with E-state index in [0.29, 0.717) is 11.2 Å². The molecule has 6 nitrogen and oxygen atoms in total. The van der Waals surface area contributed by atoms with E-state index in [1.165, 1.54) is 25.3 Å². The molecule has 0 spiro atoms. The standard InChI is InChI=1S/C14H21N3O3S/c1-11(16-6-3-2-4-7-16)9-17-8-5-12(18)15-14(17)21-10-13(19)20/h5,8,11H,2-4,6-7,9-10H2,1H3,(H,19,20). The van der Waals surface area contributed by atoms with Gasteiger partial charge in [0.05, 0.1) is 5.75 Å². The van der Waals surface area contributed by atoms with E-state index in [4.69, 9.17) is 5.11 Å². The summed E-state index contributed by atoms with van der Waals surface area (Å²) in [6.07, 6.45) is 5.46. The lowest BCUT2D eigenvalue weighted by molar-refractivity contribution is -0.133. The number of nitrogens with zero attached hydrogens (tertiary/aromatic N) is 3. The van der Waals surface area contributed by atoms with E-state index in [9.17, 15) is 9.59 Å². The lowest BCUT2D eigenvalue weighted by atomic mass is 10.1. The fourth-order valence-corrected chi connectivity index (χ4v) is 3.26. The minimum absolute atomic E-state index is 0.0887. The van der Waals surface area contributed by atoms with Crippen molar-refractivity contribution in [3.8, 4) is 0 Å². The van der Waals surface area contributed by atoms with Crippen molar-refractivity contribution in [3.05, 3.63) is 22.6 Å². The Balaban J connectivity index is 2.06. The van der Waals surface area contributed by atoms with Crippen molar-refractivity contribution in [1.82, 2.24) is 14.5 Å². The molecule has 1 aliphatic heterocycles. The maximum absolute atomic E-state index is 11.4. The smallest absolute Gasteiger partial charge is 0.313 e. The molecule has 0 aromatic carbocycles. The van der Waals surface area contributed by atoms with Crippen molar-refractivity contribution in [2.75, 3.05) is 18.8 Å². The van der Waals surface area contributed by atoms with Crippen LogP contribution in [0.25, 0.3) is 0 Å². The minimum atomic E-state index is -0.909. The Morgan fingerprint density at radius 2 is 2.14 bits per heavy atom. The highest BCUT2D eigenvalue weighted by Crippen LogP contribution is 2.17. The monoisotopic (exact) mass is 311 g/mol. The number of hydrogen-bond donors (Lipinski definition) is 1. The first-order valence-corrected chi connectivity index (χ1v) is 8.21. The van der Waals surface area contributed by atoms with Crippen molar-refractivity contribution in [2.45, 2.75) is 43.9 Å². The summed E-state index contributed by atoms with van der Waals surface area (Å²) in [7, 11) is 0. The molecule has 0 bridgehead atoms. The Hall–Kier alpha value is -1.34. The van der Waals surface area contributed by atoms with E-state index in [1.807, 2.05) is 4.57 Å². The zero-order chi connectivity index (χ0) is 15.2. The maximum Gasteiger partial charge on any atom is 0.313 e. The van der Waals surface area contributed by atoms with Gasteiger partial charge in [0.25, 0.3) is 5.56 Å². The predicted molar refractivity (Wildman–Crippen MR) is 81.7 cm³/mol. The topological polar surface area (TPSA) is 75.4 Å². The molecular weight excluding hydrogens is 290 g/mol. The zero-order valence-corrected chi connectivity index (χ0v) is 13.0. The molecule has 1 aromatic rings. The summed E-state index contributed by atoms with van der Waals surface area (Å²) in [5.74, 6) is -0.997. The van der Waals surface area contributed by atoms with Gasteiger partial charge >= 0.3 is 5.97 Å². The SMILES string of the molecule is CC(Cn1ccc(=O)nc1SCC(=O)O)N1CCCCC1. The van der Waals surface area contributed by atoms with E-state index < -0.39 is 5.97 Å². The Labute approximate surface area is 128 Å². The van der Waals surface area contributed by atoms with Gasteiger partial charge in [0.1, 0.15) is 0 Å². The third-order valence-corrected chi connectivity index (χ3v) is 4.62. The average molecular weight is 311 g/mol. The van der Waals surface area contributed by atoms with Crippen molar-refractivity contribution >= 4 is 17.7 Å². The van der Waals surface area contributed by atoms with Gasteiger partial charge in [-0.2, -0.15) is 4.98 Å². The molecule has 1 unspecified atom stereocenters. The van der Waals surface area contributed by atoms with Gasteiger partial charge in [-0.3, -0.25) is 14.5 Å². The molecule has 0 amide bonds. The van der Waals surface area contributed by atoms with Gasteiger partial charge in [0.2, 0.25) is 0 Å². The van der Waals surface area contributed by atoms with Crippen LogP contribution < -0.4 is 5.56 Å². The molecule has 1 atom stereocenters. The molecule has 0 saturated carbocycles. The van der Waals surface area contributed by atoms with Crippen LogP contribution in [-0.4, -0.2) is 50.4 Å². The van der Waals surface area contributed by atoms with E-state index in [0.717, 1.165) is 31.4 Å². The van der Waals surface area contributed by atoms with Crippen molar-refractivity contribution in [1.29, 1.82) is 0 Å². The molecule has 1 N–H and O–H groups in total. The van der Waals surface area contributed by atoms with Gasteiger partial charge in [0.15, 0.2) is 5.16 Å². The van der Waals surface area contributed by atoms with Crippen LogP contribution in [0, 0.1) is 0 Å².